The van der Waals surface area contributed by atoms with Crippen LogP contribution in [0.4, 0.5) is 0 Å². The summed E-state index contributed by atoms with van der Waals surface area (Å²) in [7, 11) is 0. The van der Waals surface area contributed by atoms with E-state index >= 15 is 0 Å². The highest BCUT2D eigenvalue weighted by Gasteiger charge is 2.69. The Hall–Kier alpha value is -1.77. The minimum atomic E-state index is -1.74. The van der Waals surface area contributed by atoms with E-state index in [9.17, 15) is 61.0 Å². The number of hydrogen-bond acceptors (Lipinski definition) is 20. The van der Waals surface area contributed by atoms with Gasteiger partial charge in [0.05, 0.1) is 44.2 Å². The van der Waals surface area contributed by atoms with Gasteiger partial charge in [0.25, 0.3) is 0 Å². The molecule has 0 bridgehead atoms. The number of ether oxygens (including phenoxy) is 8. The van der Waals surface area contributed by atoms with Gasteiger partial charge in [-0.15, -0.1) is 0 Å². The Morgan fingerprint density at radius 1 is 0.900 bits per heavy atom. The van der Waals surface area contributed by atoms with Gasteiger partial charge in [0, 0.05) is 24.2 Å². The van der Waals surface area contributed by atoms with Gasteiger partial charge in [-0.25, -0.2) is 4.79 Å². The van der Waals surface area contributed by atoms with Gasteiger partial charge < -0.3 is 94.1 Å². The van der Waals surface area contributed by atoms with Crippen LogP contribution in [0.25, 0.3) is 0 Å². The van der Waals surface area contributed by atoms with Crippen molar-refractivity contribution in [2.24, 2.45) is 46.3 Å². The predicted octanol–water partition coefficient (Wildman–Crippen LogP) is -0.344. The molecule has 0 aromatic heterocycles. The molecule has 4 aliphatic heterocycles. The van der Waals surface area contributed by atoms with E-state index in [1.54, 1.807) is 6.92 Å². The molecule has 0 aromatic rings. The number of rotatable bonds is 15. The molecule has 4 aliphatic carbocycles. The zero-order chi connectivity index (χ0) is 50.9. The fourth-order valence-electron chi connectivity index (χ4n) is 13.9. The maximum absolute atomic E-state index is 13.0. The standard InChI is InChI=1S/C50H80O20/c1-8-22(3)35(53)44(61)66-32-20-64-47(43(38(32)56)69-46-42(60)39(57)36(54)24(5)65-46)68-33-16-26(52)15-25-9-10-27-28(49(25,33)7)12-13-48(6)29(27)17-30-34(48)23(4)50(62,70-30)14-11-21(2)19-63-45-41(59)40(58)37(55)31(18-51)67-45/h9,22-24,26-43,45-47,51-60,62H,2,8,10-20H2,1,3-7H3. The number of allylic oxidation sites excluding steroid dienone is 1. The average Bonchev–Trinajstić information content (AvgIpc) is 3.77. The van der Waals surface area contributed by atoms with Crippen molar-refractivity contribution >= 4 is 5.97 Å². The van der Waals surface area contributed by atoms with E-state index in [0.29, 0.717) is 24.8 Å². The van der Waals surface area contributed by atoms with Crippen LogP contribution in [0.5, 0.6) is 0 Å². The molecule has 0 aromatic carbocycles. The Labute approximate surface area is 409 Å². The lowest BCUT2D eigenvalue weighted by atomic mass is 9.46. The lowest BCUT2D eigenvalue weighted by molar-refractivity contribution is -0.363. The monoisotopic (exact) mass is 1000 g/mol. The molecule has 3 saturated carbocycles. The molecular weight excluding hydrogens is 921 g/mol. The van der Waals surface area contributed by atoms with Crippen LogP contribution in [-0.4, -0.2) is 198 Å². The summed E-state index contributed by atoms with van der Waals surface area (Å²) >= 11 is 0. The molecule has 8 aliphatic rings. The Balaban J connectivity index is 0.960. The van der Waals surface area contributed by atoms with E-state index in [2.05, 4.69) is 26.5 Å². The molecule has 20 heteroatoms. The van der Waals surface area contributed by atoms with E-state index in [0.717, 1.165) is 31.3 Å². The van der Waals surface area contributed by atoms with Gasteiger partial charge >= 0.3 is 5.97 Å². The summed E-state index contributed by atoms with van der Waals surface area (Å²) in [5.41, 5.74) is 0.844. The van der Waals surface area contributed by atoms with Crippen molar-refractivity contribution in [3.8, 4) is 0 Å². The van der Waals surface area contributed by atoms with Crippen LogP contribution in [0.15, 0.2) is 23.8 Å². The largest absolute Gasteiger partial charge is 0.455 e. The smallest absolute Gasteiger partial charge is 0.335 e. The van der Waals surface area contributed by atoms with Gasteiger partial charge in [-0.3, -0.25) is 0 Å². The van der Waals surface area contributed by atoms with Crippen LogP contribution in [0.3, 0.4) is 0 Å². The first-order valence-corrected chi connectivity index (χ1v) is 25.5. The Morgan fingerprint density at radius 2 is 1.60 bits per heavy atom. The summed E-state index contributed by atoms with van der Waals surface area (Å²) < 4.78 is 48.6. The highest BCUT2D eigenvalue weighted by Crippen LogP contribution is 2.70. The van der Waals surface area contributed by atoms with Crippen LogP contribution in [0.1, 0.15) is 99.3 Å². The highest BCUT2D eigenvalue weighted by atomic mass is 16.8. The predicted molar refractivity (Wildman–Crippen MR) is 242 cm³/mol. The van der Waals surface area contributed by atoms with Crippen molar-refractivity contribution in [1.82, 2.24) is 0 Å². The molecule has 0 spiro atoms. The summed E-state index contributed by atoms with van der Waals surface area (Å²) in [4.78, 5) is 13.0. The normalized spacial score (nSPS) is 51.0. The lowest BCUT2D eigenvalue weighted by Crippen LogP contribution is -2.64. The number of aliphatic hydroxyl groups is 11. The molecule has 0 amide bonds. The van der Waals surface area contributed by atoms with Crippen LogP contribution in [0, 0.1) is 46.3 Å². The van der Waals surface area contributed by atoms with Crippen molar-refractivity contribution in [2.45, 2.75) is 216 Å². The third-order valence-corrected chi connectivity index (χ3v) is 18.5. The second kappa shape index (κ2) is 21.1. The molecular formula is C50H80O20. The van der Waals surface area contributed by atoms with Gasteiger partial charge in [-0.1, -0.05) is 64.8 Å². The molecule has 4 heterocycles. The number of fused-ring (bicyclic) bond motifs is 7. The van der Waals surface area contributed by atoms with Crippen molar-refractivity contribution in [1.29, 1.82) is 0 Å². The highest BCUT2D eigenvalue weighted by molar-refractivity contribution is 5.75. The number of carbonyl (C=O) groups is 1. The van der Waals surface area contributed by atoms with E-state index < -0.39 is 134 Å². The van der Waals surface area contributed by atoms with Crippen molar-refractivity contribution in [3.63, 3.8) is 0 Å². The molecule has 27 unspecified atom stereocenters. The second-order valence-corrected chi connectivity index (χ2v) is 22.5. The first-order valence-electron chi connectivity index (χ1n) is 25.5. The molecule has 20 nitrogen and oxygen atoms in total. The van der Waals surface area contributed by atoms with Crippen molar-refractivity contribution < 1.29 is 98.9 Å². The number of aliphatic hydroxyl groups excluding tert-OH is 10. The first kappa shape index (κ1) is 54.5. The minimum Gasteiger partial charge on any atom is -0.455 e. The molecule has 11 N–H and O–H groups in total. The van der Waals surface area contributed by atoms with E-state index in [1.807, 2.05) is 13.8 Å². The van der Waals surface area contributed by atoms with Crippen LogP contribution < -0.4 is 0 Å². The van der Waals surface area contributed by atoms with Gasteiger partial charge in [-0.2, -0.15) is 0 Å². The Bertz CT molecular complexity index is 1870. The summed E-state index contributed by atoms with van der Waals surface area (Å²) in [6.07, 6.45) is -16.1. The van der Waals surface area contributed by atoms with Gasteiger partial charge in [-0.05, 0) is 80.5 Å². The summed E-state index contributed by atoms with van der Waals surface area (Å²) in [5, 5.41) is 118. The van der Waals surface area contributed by atoms with Gasteiger partial charge in [0.15, 0.2) is 36.9 Å². The molecule has 0 radical (unpaired) electrons. The number of hydrogen-bond donors (Lipinski definition) is 11. The lowest BCUT2D eigenvalue weighted by Gasteiger charge is -2.60. The summed E-state index contributed by atoms with van der Waals surface area (Å²) in [5.74, 6) is -2.53. The Kier molecular flexibility index (Phi) is 16.4. The maximum Gasteiger partial charge on any atom is 0.335 e. The van der Waals surface area contributed by atoms with Gasteiger partial charge in [0.2, 0.25) is 0 Å². The minimum absolute atomic E-state index is 0.0450. The Morgan fingerprint density at radius 3 is 2.30 bits per heavy atom. The number of carbonyl (C=O) groups excluding carboxylic acids is 1. The maximum atomic E-state index is 13.0. The SMILES string of the molecule is C=C(CCC1(O)OC2CC3C4CC=C5CC(O)CC(OC6OCC(OC(=O)C(O)C(C)CC)C(O)C6OC6OC(C)C(O)C(O)C6O)C5(C)C4CCC3(C)C2C1C)COC1OC(CO)C(O)C(O)C1O. The van der Waals surface area contributed by atoms with E-state index in [-0.39, 0.29) is 67.2 Å². The van der Waals surface area contributed by atoms with Crippen LogP contribution in [0.2, 0.25) is 0 Å². The average molecular weight is 1000 g/mol. The first-order chi connectivity index (χ1) is 33.0. The molecule has 7 fully saturated rings. The summed E-state index contributed by atoms with van der Waals surface area (Å²) in [6, 6.07) is 0. The van der Waals surface area contributed by atoms with Crippen LogP contribution >= 0.6 is 0 Å². The molecule has 8 rings (SSSR count). The summed E-state index contributed by atoms with van der Waals surface area (Å²) in [6.45, 7) is 14.6. The zero-order valence-electron chi connectivity index (χ0n) is 41.2. The number of esters is 1. The van der Waals surface area contributed by atoms with Crippen molar-refractivity contribution in [3.05, 3.63) is 23.8 Å². The van der Waals surface area contributed by atoms with E-state index in [4.69, 9.17) is 37.9 Å². The fourth-order valence-corrected chi connectivity index (χ4v) is 13.9. The molecule has 4 saturated heterocycles. The third-order valence-electron chi connectivity index (χ3n) is 18.5. The van der Waals surface area contributed by atoms with Crippen molar-refractivity contribution in [2.75, 3.05) is 19.8 Å². The van der Waals surface area contributed by atoms with Crippen LogP contribution in [-0.2, 0) is 42.7 Å². The quantitative estimate of drug-likeness (QED) is 0.0738. The van der Waals surface area contributed by atoms with E-state index in [1.165, 1.54) is 6.92 Å². The zero-order valence-corrected chi connectivity index (χ0v) is 41.2. The molecule has 400 valence electrons. The molecule has 27 atom stereocenters. The third kappa shape index (κ3) is 9.72. The topological polar surface area (TPSA) is 313 Å². The second-order valence-electron chi connectivity index (χ2n) is 22.5. The molecule has 70 heavy (non-hydrogen) atoms. The van der Waals surface area contributed by atoms with Gasteiger partial charge in [0.1, 0.15) is 54.9 Å². The fraction of sp³-hybridized carbons (Fsp3) is 0.900.